The summed E-state index contributed by atoms with van der Waals surface area (Å²) < 4.78 is 0. The summed E-state index contributed by atoms with van der Waals surface area (Å²) in [5.41, 5.74) is 7.95. The molecule has 4 heteroatoms. The van der Waals surface area contributed by atoms with E-state index in [1.807, 2.05) is 24.3 Å². The molecule has 0 saturated carbocycles. The van der Waals surface area contributed by atoms with E-state index in [2.05, 4.69) is 11.1 Å². The largest absolute Gasteiger partial charge is 0.401 e. The van der Waals surface area contributed by atoms with Gasteiger partial charge in [-0.3, -0.25) is 0 Å². The minimum Gasteiger partial charge on any atom is -0.401 e. The minimum atomic E-state index is 0.303. The molecule has 0 aliphatic rings. The standard InChI is InChI=1S/C14H10N4/c1-9(17)12(8-16)14-6-10(7-15)11-4-2-3-5-13(11)18-14/h2-6H,17H2,1H3/b12-9+. The molecule has 2 rings (SSSR count). The number of hydrogen-bond acceptors (Lipinski definition) is 4. The van der Waals surface area contributed by atoms with Crippen molar-refractivity contribution >= 4 is 16.5 Å². The highest BCUT2D eigenvalue weighted by molar-refractivity contribution is 5.88. The van der Waals surface area contributed by atoms with E-state index in [4.69, 9.17) is 16.3 Å². The lowest BCUT2D eigenvalue weighted by atomic mass is 10.0. The maximum absolute atomic E-state index is 9.15. The molecule has 0 amide bonds. The molecule has 0 bridgehead atoms. The lowest BCUT2D eigenvalue weighted by Crippen LogP contribution is -1.99. The summed E-state index contributed by atoms with van der Waals surface area (Å²) in [6, 6.07) is 13.0. The molecule has 2 N–H and O–H groups in total. The Kier molecular flexibility index (Phi) is 2.95. The number of rotatable bonds is 1. The number of allylic oxidation sites excluding steroid dienone is 2. The Morgan fingerprint density at radius 3 is 2.61 bits per heavy atom. The quantitative estimate of drug-likeness (QED) is 0.767. The van der Waals surface area contributed by atoms with E-state index in [-0.39, 0.29) is 0 Å². The third kappa shape index (κ3) is 1.88. The molecule has 0 atom stereocenters. The Bertz CT molecular complexity index is 726. The molecule has 0 aliphatic heterocycles. The van der Waals surface area contributed by atoms with Gasteiger partial charge in [-0.1, -0.05) is 18.2 Å². The fourth-order valence-electron chi connectivity index (χ4n) is 1.74. The van der Waals surface area contributed by atoms with Crippen molar-refractivity contribution in [3.05, 3.63) is 47.3 Å². The Morgan fingerprint density at radius 2 is 2.00 bits per heavy atom. The van der Waals surface area contributed by atoms with Gasteiger partial charge < -0.3 is 5.73 Å². The highest BCUT2D eigenvalue weighted by Crippen LogP contribution is 2.22. The second-order valence-corrected chi connectivity index (χ2v) is 3.85. The molecular formula is C14H10N4. The van der Waals surface area contributed by atoms with Gasteiger partial charge in [0.25, 0.3) is 0 Å². The zero-order valence-corrected chi connectivity index (χ0v) is 9.81. The van der Waals surface area contributed by atoms with Gasteiger partial charge in [0.2, 0.25) is 0 Å². The van der Waals surface area contributed by atoms with Crippen LogP contribution in [0.15, 0.2) is 36.0 Å². The van der Waals surface area contributed by atoms with Gasteiger partial charge in [0.1, 0.15) is 6.07 Å². The smallest absolute Gasteiger partial charge is 0.103 e. The van der Waals surface area contributed by atoms with Gasteiger partial charge in [-0.2, -0.15) is 10.5 Å². The summed E-state index contributed by atoms with van der Waals surface area (Å²) in [6.45, 7) is 1.64. The lowest BCUT2D eigenvalue weighted by Gasteiger charge is -2.05. The van der Waals surface area contributed by atoms with Gasteiger partial charge >= 0.3 is 0 Å². The second kappa shape index (κ2) is 4.57. The van der Waals surface area contributed by atoms with Crippen LogP contribution in [-0.2, 0) is 0 Å². The van der Waals surface area contributed by atoms with E-state index in [1.54, 1.807) is 19.1 Å². The second-order valence-electron chi connectivity index (χ2n) is 3.85. The maximum Gasteiger partial charge on any atom is 0.103 e. The number of nitrogens with two attached hydrogens (primary N) is 1. The van der Waals surface area contributed by atoms with Crippen molar-refractivity contribution in [2.45, 2.75) is 6.92 Å². The van der Waals surface area contributed by atoms with Gasteiger partial charge in [-0.25, -0.2) is 4.98 Å². The number of benzene rings is 1. The number of fused-ring (bicyclic) bond motifs is 1. The Labute approximate surface area is 105 Å². The van der Waals surface area contributed by atoms with Crippen LogP contribution in [0.4, 0.5) is 0 Å². The fraction of sp³-hybridized carbons (Fsp3) is 0.0714. The highest BCUT2D eigenvalue weighted by atomic mass is 14.7. The van der Waals surface area contributed by atoms with Gasteiger partial charge in [0.15, 0.2) is 0 Å². The zero-order chi connectivity index (χ0) is 13.1. The average molecular weight is 234 g/mol. The normalized spacial score (nSPS) is 11.5. The van der Waals surface area contributed by atoms with Crippen molar-refractivity contribution in [2.24, 2.45) is 5.73 Å². The molecule has 0 spiro atoms. The Balaban J connectivity index is 2.82. The van der Waals surface area contributed by atoms with Crippen LogP contribution < -0.4 is 5.73 Å². The summed E-state index contributed by atoms with van der Waals surface area (Å²) in [7, 11) is 0. The number of nitrogens with zero attached hydrogens (tertiary/aromatic N) is 3. The van der Waals surface area contributed by atoms with Crippen molar-refractivity contribution in [2.75, 3.05) is 0 Å². The van der Waals surface area contributed by atoms with E-state index < -0.39 is 0 Å². The predicted molar refractivity (Wildman–Crippen MR) is 68.9 cm³/mol. The summed E-state index contributed by atoms with van der Waals surface area (Å²) in [5.74, 6) is 0. The number of aromatic nitrogens is 1. The first-order chi connectivity index (χ1) is 8.67. The molecule has 1 heterocycles. The van der Waals surface area contributed by atoms with Crippen LogP contribution >= 0.6 is 0 Å². The molecule has 4 nitrogen and oxygen atoms in total. The van der Waals surface area contributed by atoms with Crippen LogP contribution in [0.1, 0.15) is 18.2 Å². The van der Waals surface area contributed by atoms with Crippen molar-refractivity contribution in [3.8, 4) is 12.1 Å². The van der Waals surface area contributed by atoms with E-state index in [9.17, 15) is 0 Å². The molecular weight excluding hydrogens is 224 g/mol. The number of pyridine rings is 1. The first-order valence-corrected chi connectivity index (χ1v) is 5.34. The SMILES string of the molecule is C/C(N)=C(/C#N)c1cc(C#N)c2ccccc2n1. The van der Waals surface area contributed by atoms with Crippen molar-refractivity contribution in [3.63, 3.8) is 0 Å². The van der Waals surface area contributed by atoms with Gasteiger partial charge in [0.05, 0.1) is 28.4 Å². The molecule has 1 aromatic carbocycles. The Hall–Kier alpha value is -2.85. The van der Waals surface area contributed by atoms with Gasteiger partial charge in [-0.05, 0) is 19.1 Å². The topological polar surface area (TPSA) is 86.5 Å². The van der Waals surface area contributed by atoms with E-state index in [0.29, 0.717) is 28.0 Å². The van der Waals surface area contributed by atoms with Crippen LogP contribution in [0.2, 0.25) is 0 Å². The summed E-state index contributed by atoms with van der Waals surface area (Å²) >= 11 is 0. The fourth-order valence-corrected chi connectivity index (χ4v) is 1.74. The van der Waals surface area contributed by atoms with Crippen LogP contribution in [0.25, 0.3) is 16.5 Å². The average Bonchev–Trinajstić information content (AvgIpc) is 2.38. The first-order valence-electron chi connectivity index (χ1n) is 5.34. The van der Waals surface area contributed by atoms with Crippen LogP contribution in [0, 0.1) is 22.7 Å². The maximum atomic E-state index is 9.15. The monoisotopic (exact) mass is 234 g/mol. The lowest BCUT2D eigenvalue weighted by molar-refractivity contribution is 1.27. The third-order valence-electron chi connectivity index (χ3n) is 2.60. The zero-order valence-electron chi connectivity index (χ0n) is 9.81. The summed E-state index contributed by atoms with van der Waals surface area (Å²) in [6.07, 6.45) is 0. The first kappa shape index (κ1) is 11.6. The summed E-state index contributed by atoms with van der Waals surface area (Å²) in [4.78, 5) is 4.36. The van der Waals surface area contributed by atoms with Crippen LogP contribution in [-0.4, -0.2) is 4.98 Å². The van der Waals surface area contributed by atoms with Gasteiger partial charge in [0, 0.05) is 11.1 Å². The van der Waals surface area contributed by atoms with Gasteiger partial charge in [-0.15, -0.1) is 0 Å². The Morgan fingerprint density at radius 1 is 1.28 bits per heavy atom. The number of para-hydroxylation sites is 1. The molecule has 18 heavy (non-hydrogen) atoms. The predicted octanol–water partition coefficient (Wildman–Crippen LogP) is 2.32. The van der Waals surface area contributed by atoms with E-state index in [0.717, 1.165) is 5.39 Å². The molecule has 0 radical (unpaired) electrons. The third-order valence-corrected chi connectivity index (χ3v) is 2.60. The van der Waals surface area contributed by atoms with Crippen molar-refractivity contribution < 1.29 is 0 Å². The van der Waals surface area contributed by atoms with Crippen molar-refractivity contribution in [1.82, 2.24) is 4.98 Å². The molecule has 0 fully saturated rings. The molecule has 86 valence electrons. The molecule has 0 saturated heterocycles. The van der Waals surface area contributed by atoms with E-state index in [1.165, 1.54) is 0 Å². The molecule has 1 aromatic heterocycles. The highest BCUT2D eigenvalue weighted by Gasteiger charge is 2.10. The number of hydrogen-bond donors (Lipinski definition) is 1. The minimum absolute atomic E-state index is 0.303. The molecule has 2 aromatic rings. The molecule has 0 aliphatic carbocycles. The van der Waals surface area contributed by atoms with E-state index >= 15 is 0 Å². The van der Waals surface area contributed by atoms with Crippen molar-refractivity contribution in [1.29, 1.82) is 10.5 Å². The summed E-state index contributed by atoms with van der Waals surface area (Å²) in [5, 5.41) is 19.0. The van der Waals surface area contributed by atoms with Crippen LogP contribution in [0.3, 0.4) is 0 Å². The van der Waals surface area contributed by atoms with Crippen LogP contribution in [0.5, 0.6) is 0 Å². The molecule has 0 unspecified atom stereocenters. The number of nitriles is 2.